The van der Waals surface area contributed by atoms with Crippen LogP contribution in [-0.2, 0) is 0 Å². The second kappa shape index (κ2) is 5.39. The molecule has 0 spiro atoms. The Hall–Kier alpha value is -1.56. The SMILES string of the molecule is C=C(C)C(CC)C1C=C(c2ccccc2)C=C1C. The van der Waals surface area contributed by atoms with E-state index >= 15 is 0 Å². The zero-order valence-corrected chi connectivity index (χ0v) is 11.6. The van der Waals surface area contributed by atoms with Crippen LogP contribution in [0.4, 0.5) is 0 Å². The zero-order chi connectivity index (χ0) is 13.1. The van der Waals surface area contributed by atoms with Crippen molar-refractivity contribution >= 4 is 5.57 Å². The molecule has 0 heteroatoms. The van der Waals surface area contributed by atoms with Gasteiger partial charge in [0, 0.05) is 5.92 Å². The minimum Gasteiger partial charge on any atom is -0.0998 e. The molecule has 0 saturated carbocycles. The van der Waals surface area contributed by atoms with E-state index in [9.17, 15) is 0 Å². The van der Waals surface area contributed by atoms with Gasteiger partial charge in [0.15, 0.2) is 0 Å². The van der Waals surface area contributed by atoms with Crippen LogP contribution in [-0.4, -0.2) is 0 Å². The lowest BCUT2D eigenvalue weighted by Crippen LogP contribution is -2.12. The zero-order valence-electron chi connectivity index (χ0n) is 11.6. The van der Waals surface area contributed by atoms with Crippen LogP contribution in [0.1, 0.15) is 32.8 Å². The summed E-state index contributed by atoms with van der Waals surface area (Å²) in [6.45, 7) is 10.8. The fraction of sp³-hybridized carbons (Fsp3) is 0.333. The summed E-state index contributed by atoms with van der Waals surface area (Å²) in [5, 5.41) is 0. The maximum absolute atomic E-state index is 4.15. The van der Waals surface area contributed by atoms with Gasteiger partial charge in [0.05, 0.1) is 0 Å². The number of benzene rings is 1. The molecular formula is C18H22. The van der Waals surface area contributed by atoms with Gasteiger partial charge >= 0.3 is 0 Å². The first-order chi connectivity index (χ1) is 8.63. The average Bonchev–Trinajstić information content (AvgIpc) is 2.73. The molecule has 0 N–H and O–H groups in total. The van der Waals surface area contributed by atoms with Gasteiger partial charge in [0.1, 0.15) is 0 Å². The Labute approximate surface area is 111 Å². The second-order valence-corrected chi connectivity index (χ2v) is 5.26. The van der Waals surface area contributed by atoms with Crippen LogP contribution in [0.2, 0.25) is 0 Å². The highest BCUT2D eigenvalue weighted by Gasteiger charge is 2.24. The molecule has 0 heterocycles. The molecule has 1 aromatic carbocycles. The van der Waals surface area contributed by atoms with Crippen molar-refractivity contribution in [3.63, 3.8) is 0 Å². The van der Waals surface area contributed by atoms with E-state index in [1.165, 1.54) is 22.3 Å². The van der Waals surface area contributed by atoms with Crippen LogP contribution >= 0.6 is 0 Å². The van der Waals surface area contributed by atoms with Crippen molar-refractivity contribution in [3.8, 4) is 0 Å². The monoisotopic (exact) mass is 238 g/mol. The van der Waals surface area contributed by atoms with E-state index in [2.05, 4.69) is 69.8 Å². The Bertz CT molecular complexity index is 488. The Morgan fingerprint density at radius 3 is 2.50 bits per heavy atom. The van der Waals surface area contributed by atoms with Crippen molar-refractivity contribution in [1.82, 2.24) is 0 Å². The third kappa shape index (κ3) is 2.48. The first-order valence-electron chi connectivity index (χ1n) is 6.74. The molecule has 94 valence electrons. The molecule has 0 amide bonds. The fourth-order valence-corrected chi connectivity index (χ4v) is 2.87. The van der Waals surface area contributed by atoms with Gasteiger partial charge in [-0.1, -0.05) is 67.1 Å². The van der Waals surface area contributed by atoms with Gasteiger partial charge in [-0.15, -0.1) is 0 Å². The minimum atomic E-state index is 0.530. The lowest BCUT2D eigenvalue weighted by atomic mass is 9.82. The van der Waals surface area contributed by atoms with Crippen LogP contribution in [0.15, 0.2) is 60.2 Å². The van der Waals surface area contributed by atoms with E-state index in [4.69, 9.17) is 0 Å². The molecular weight excluding hydrogens is 216 g/mol. The summed E-state index contributed by atoms with van der Waals surface area (Å²) < 4.78 is 0. The van der Waals surface area contributed by atoms with Crippen LogP contribution in [0.3, 0.4) is 0 Å². The number of allylic oxidation sites excluding steroid dienone is 5. The lowest BCUT2D eigenvalue weighted by Gasteiger charge is -2.22. The summed E-state index contributed by atoms with van der Waals surface area (Å²) >= 11 is 0. The molecule has 1 aromatic rings. The molecule has 18 heavy (non-hydrogen) atoms. The molecule has 0 bridgehead atoms. The summed E-state index contributed by atoms with van der Waals surface area (Å²) in [7, 11) is 0. The molecule has 0 saturated heterocycles. The fourth-order valence-electron chi connectivity index (χ4n) is 2.87. The average molecular weight is 238 g/mol. The topological polar surface area (TPSA) is 0 Å². The highest BCUT2D eigenvalue weighted by Crippen LogP contribution is 2.38. The summed E-state index contributed by atoms with van der Waals surface area (Å²) in [6.07, 6.45) is 5.89. The highest BCUT2D eigenvalue weighted by atomic mass is 14.3. The predicted octanol–water partition coefficient (Wildman–Crippen LogP) is 5.25. The van der Waals surface area contributed by atoms with E-state index in [0.29, 0.717) is 11.8 Å². The van der Waals surface area contributed by atoms with Crippen LogP contribution < -0.4 is 0 Å². The lowest BCUT2D eigenvalue weighted by molar-refractivity contribution is 0.496. The molecule has 1 aliphatic rings. The molecule has 1 aliphatic carbocycles. The van der Waals surface area contributed by atoms with Gasteiger partial charge in [-0.3, -0.25) is 0 Å². The third-order valence-electron chi connectivity index (χ3n) is 3.88. The molecule has 2 atom stereocenters. The predicted molar refractivity (Wildman–Crippen MR) is 80.3 cm³/mol. The Balaban J connectivity index is 2.30. The molecule has 0 radical (unpaired) electrons. The quantitative estimate of drug-likeness (QED) is 0.629. The molecule has 0 nitrogen and oxygen atoms in total. The van der Waals surface area contributed by atoms with Gasteiger partial charge in [-0.25, -0.2) is 0 Å². The van der Waals surface area contributed by atoms with E-state index < -0.39 is 0 Å². The summed E-state index contributed by atoms with van der Waals surface area (Å²) in [5.41, 5.74) is 5.43. The van der Waals surface area contributed by atoms with E-state index in [0.717, 1.165) is 6.42 Å². The smallest absolute Gasteiger partial charge is 0.00517 e. The summed E-state index contributed by atoms with van der Waals surface area (Å²) in [6, 6.07) is 10.6. The maximum atomic E-state index is 4.15. The van der Waals surface area contributed by atoms with Crippen LogP contribution in [0, 0.1) is 11.8 Å². The van der Waals surface area contributed by atoms with Crippen LogP contribution in [0.25, 0.3) is 5.57 Å². The number of hydrogen-bond acceptors (Lipinski definition) is 0. The van der Waals surface area contributed by atoms with Crippen molar-refractivity contribution in [2.45, 2.75) is 27.2 Å². The first kappa shape index (κ1) is 12.9. The Morgan fingerprint density at radius 1 is 1.28 bits per heavy atom. The van der Waals surface area contributed by atoms with E-state index in [-0.39, 0.29) is 0 Å². The molecule has 2 unspecified atom stereocenters. The van der Waals surface area contributed by atoms with Gasteiger partial charge < -0.3 is 0 Å². The van der Waals surface area contributed by atoms with Gasteiger partial charge in [0.2, 0.25) is 0 Å². The van der Waals surface area contributed by atoms with Crippen LogP contribution in [0.5, 0.6) is 0 Å². The highest BCUT2D eigenvalue weighted by molar-refractivity contribution is 5.78. The van der Waals surface area contributed by atoms with Crippen molar-refractivity contribution < 1.29 is 0 Å². The van der Waals surface area contributed by atoms with Gasteiger partial charge in [-0.05, 0) is 37.3 Å². The normalized spacial score (nSPS) is 20.3. The number of hydrogen-bond donors (Lipinski definition) is 0. The largest absolute Gasteiger partial charge is 0.0998 e. The Kier molecular flexibility index (Phi) is 3.86. The first-order valence-corrected chi connectivity index (χ1v) is 6.74. The molecule has 0 aromatic heterocycles. The standard InChI is InChI=1S/C18H22/c1-5-17(13(2)3)18-12-16(11-14(18)4)15-9-7-6-8-10-15/h6-12,17-18H,2,5H2,1,3-4H3. The minimum absolute atomic E-state index is 0.530. The molecule has 2 rings (SSSR count). The third-order valence-corrected chi connectivity index (χ3v) is 3.88. The van der Waals surface area contributed by atoms with Crippen molar-refractivity contribution in [2.24, 2.45) is 11.8 Å². The molecule has 0 aliphatic heterocycles. The molecule has 0 fully saturated rings. The van der Waals surface area contributed by atoms with Crippen molar-refractivity contribution in [3.05, 3.63) is 65.8 Å². The van der Waals surface area contributed by atoms with Crippen molar-refractivity contribution in [1.29, 1.82) is 0 Å². The van der Waals surface area contributed by atoms with Gasteiger partial charge in [-0.2, -0.15) is 0 Å². The number of rotatable bonds is 4. The summed E-state index contributed by atoms with van der Waals surface area (Å²) in [4.78, 5) is 0. The maximum Gasteiger partial charge on any atom is 0.00517 e. The Morgan fingerprint density at radius 2 is 1.94 bits per heavy atom. The van der Waals surface area contributed by atoms with E-state index in [1.807, 2.05) is 0 Å². The second-order valence-electron chi connectivity index (χ2n) is 5.26. The van der Waals surface area contributed by atoms with E-state index in [1.54, 1.807) is 0 Å². The van der Waals surface area contributed by atoms with Gasteiger partial charge in [0.25, 0.3) is 0 Å². The van der Waals surface area contributed by atoms with Crippen molar-refractivity contribution in [2.75, 3.05) is 0 Å². The summed E-state index contributed by atoms with van der Waals surface area (Å²) in [5.74, 6) is 1.10.